The molecular formula is C15H14N3O7+. The van der Waals surface area contributed by atoms with Crippen LogP contribution in [-0.2, 0) is 19.1 Å². The topological polar surface area (TPSA) is 152 Å². The predicted octanol–water partition coefficient (Wildman–Crippen LogP) is 0.618. The molecule has 130 valence electrons. The second-order valence-electron chi connectivity index (χ2n) is 4.97. The molecule has 1 aliphatic heterocycles. The zero-order valence-corrected chi connectivity index (χ0v) is 13.3. The van der Waals surface area contributed by atoms with Crippen molar-refractivity contribution in [1.82, 2.24) is 0 Å². The number of nitriles is 1. The summed E-state index contributed by atoms with van der Waals surface area (Å²) < 4.78 is 14.6. The monoisotopic (exact) mass is 348 g/mol. The molecule has 0 saturated heterocycles. The van der Waals surface area contributed by atoms with Gasteiger partial charge >= 0.3 is 17.6 Å². The highest BCUT2D eigenvalue weighted by Crippen LogP contribution is 2.44. The summed E-state index contributed by atoms with van der Waals surface area (Å²) in [5, 5.41) is 18.5. The summed E-state index contributed by atoms with van der Waals surface area (Å²) >= 11 is 0. The van der Waals surface area contributed by atoms with E-state index in [4.69, 9.17) is 15.7 Å². The quantitative estimate of drug-likeness (QED) is 0.589. The van der Waals surface area contributed by atoms with Gasteiger partial charge in [0, 0.05) is 17.7 Å². The summed E-state index contributed by atoms with van der Waals surface area (Å²) in [6, 6.07) is 5.48. The molecule has 3 N–H and O–H groups in total. The van der Waals surface area contributed by atoms with E-state index >= 15 is 0 Å². The van der Waals surface area contributed by atoms with E-state index in [0.29, 0.717) is 0 Å². The second kappa shape index (κ2) is 6.88. The van der Waals surface area contributed by atoms with Crippen LogP contribution in [0.2, 0.25) is 0 Å². The van der Waals surface area contributed by atoms with Crippen LogP contribution < -0.4 is 10.5 Å². The molecule has 0 bridgehead atoms. The van der Waals surface area contributed by atoms with Crippen LogP contribution >= 0.6 is 0 Å². The molecule has 0 radical (unpaired) electrons. The van der Waals surface area contributed by atoms with Crippen molar-refractivity contribution >= 4 is 17.6 Å². The third-order valence-electron chi connectivity index (χ3n) is 3.68. The SMILES string of the molecule is COC(=O)C1=C(N)Oc2ccc([N+](=O)O)cc2C1C(C#N)C(=O)OC. The first-order chi connectivity index (χ1) is 11.8. The van der Waals surface area contributed by atoms with Gasteiger partial charge in [-0.1, -0.05) is 0 Å². The number of fused-ring (bicyclic) bond motifs is 1. The Bertz CT molecular complexity index is 825. The fourth-order valence-corrected chi connectivity index (χ4v) is 2.55. The summed E-state index contributed by atoms with van der Waals surface area (Å²) in [6.07, 6.45) is 0. The Labute approximate surface area is 141 Å². The van der Waals surface area contributed by atoms with Crippen LogP contribution in [0.5, 0.6) is 5.75 Å². The van der Waals surface area contributed by atoms with Crippen LogP contribution in [-0.4, -0.2) is 36.3 Å². The molecule has 0 saturated carbocycles. The van der Waals surface area contributed by atoms with Gasteiger partial charge in [0.15, 0.2) is 5.92 Å². The zero-order chi connectivity index (χ0) is 18.7. The maximum absolute atomic E-state index is 12.1. The van der Waals surface area contributed by atoms with E-state index in [2.05, 4.69) is 9.47 Å². The van der Waals surface area contributed by atoms with E-state index in [1.165, 1.54) is 18.2 Å². The molecule has 0 spiro atoms. The number of rotatable bonds is 4. The maximum atomic E-state index is 12.1. The highest BCUT2D eigenvalue weighted by atomic mass is 16.6. The number of nitrogens with two attached hydrogens (primary N) is 1. The van der Waals surface area contributed by atoms with E-state index in [1.807, 2.05) is 0 Å². The minimum Gasteiger partial charge on any atom is -0.468 e. The Morgan fingerprint density at radius 1 is 1.40 bits per heavy atom. The van der Waals surface area contributed by atoms with Crippen LogP contribution in [0.4, 0.5) is 5.69 Å². The van der Waals surface area contributed by atoms with Crippen molar-refractivity contribution < 1.29 is 33.9 Å². The number of hydrogen-bond acceptors (Lipinski definition) is 8. The summed E-state index contributed by atoms with van der Waals surface area (Å²) in [5.74, 6) is -4.73. The van der Waals surface area contributed by atoms with Gasteiger partial charge in [0.05, 0.1) is 31.1 Å². The number of hydrogen-bond donors (Lipinski definition) is 2. The Balaban J connectivity index is 2.74. The third kappa shape index (κ3) is 3.07. The normalized spacial score (nSPS) is 16.8. The molecule has 0 amide bonds. The van der Waals surface area contributed by atoms with Gasteiger partial charge in [-0.2, -0.15) is 5.26 Å². The number of nitrogens with zero attached hydrogens (tertiary/aromatic N) is 2. The molecule has 1 heterocycles. The van der Waals surface area contributed by atoms with Crippen LogP contribution in [0.25, 0.3) is 0 Å². The smallest absolute Gasteiger partial charge is 0.339 e. The molecule has 10 heteroatoms. The maximum Gasteiger partial charge on any atom is 0.339 e. The van der Waals surface area contributed by atoms with Gasteiger partial charge in [0.1, 0.15) is 11.3 Å². The molecule has 0 aliphatic carbocycles. The summed E-state index contributed by atoms with van der Waals surface area (Å²) in [4.78, 5) is 34.9. The predicted molar refractivity (Wildman–Crippen MR) is 79.2 cm³/mol. The number of ether oxygens (including phenoxy) is 3. The van der Waals surface area contributed by atoms with E-state index in [0.717, 1.165) is 14.2 Å². The fourth-order valence-electron chi connectivity index (χ4n) is 2.55. The lowest BCUT2D eigenvalue weighted by Gasteiger charge is -2.29. The zero-order valence-electron chi connectivity index (χ0n) is 13.3. The van der Waals surface area contributed by atoms with Gasteiger partial charge in [-0.05, 0) is 6.07 Å². The molecule has 2 atom stereocenters. The molecule has 0 aromatic heterocycles. The second-order valence-corrected chi connectivity index (χ2v) is 4.97. The first-order valence-corrected chi connectivity index (χ1v) is 6.89. The largest absolute Gasteiger partial charge is 0.468 e. The minimum absolute atomic E-state index is 0.116. The van der Waals surface area contributed by atoms with Gasteiger partial charge in [-0.15, -0.1) is 0 Å². The molecule has 2 unspecified atom stereocenters. The third-order valence-corrected chi connectivity index (χ3v) is 3.68. The van der Waals surface area contributed by atoms with E-state index in [-0.39, 0.29) is 28.5 Å². The molecule has 2 rings (SSSR count). The Kier molecular flexibility index (Phi) is 4.88. The first-order valence-electron chi connectivity index (χ1n) is 6.89. The Hall–Kier alpha value is -3.61. The molecule has 0 fully saturated rings. The van der Waals surface area contributed by atoms with Crippen molar-refractivity contribution in [2.24, 2.45) is 11.7 Å². The molecule has 1 aromatic rings. The van der Waals surface area contributed by atoms with Gasteiger partial charge < -0.3 is 19.9 Å². The van der Waals surface area contributed by atoms with Gasteiger partial charge in [-0.25, -0.2) is 10.0 Å². The van der Waals surface area contributed by atoms with Crippen molar-refractivity contribution in [3.8, 4) is 11.8 Å². The summed E-state index contributed by atoms with van der Waals surface area (Å²) in [7, 11) is 2.18. The van der Waals surface area contributed by atoms with Crippen LogP contribution in [0, 0.1) is 22.2 Å². The molecule has 1 aliphatic rings. The van der Waals surface area contributed by atoms with E-state index in [1.54, 1.807) is 6.07 Å². The Morgan fingerprint density at radius 2 is 2.08 bits per heavy atom. The van der Waals surface area contributed by atoms with E-state index < -0.39 is 28.7 Å². The lowest BCUT2D eigenvalue weighted by atomic mass is 9.79. The highest BCUT2D eigenvalue weighted by molar-refractivity contribution is 5.93. The number of carbonyl (C=O) groups excluding carboxylic acids is 2. The number of methoxy groups -OCH3 is 2. The average Bonchev–Trinajstić information content (AvgIpc) is 2.60. The summed E-state index contributed by atoms with van der Waals surface area (Å²) in [5.41, 5.74) is 5.43. The number of benzene rings is 1. The van der Waals surface area contributed by atoms with Crippen molar-refractivity contribution in [2.45, 2.75) is 5.92 Å². The molecular weight excluding hydrogens is 334 g/mol. The van der Waals surface area contributed by atoms with Crippen molar-refractivity contribution in [3.63, 3.8) is 0 Å². The first kappa shape index (κ1) is 17.7. The Morgan fingerprint density at radius 3 is 2.60 bits per heavy atom. The van der Waals surface area contributed by atoms with Gasteiger partial charge in [-0.3, -0.25) is 4.79 Å². The van der Waals surface area contributed by atoms with Crippen molar-refractivity contribution in [1.29, 1.82) is 5.26 Å². The minimum atomic E-state index is -1.46. The number of esters is 2. The van der Waals surface area contributed by atoms with Crippen molar-refractivity contribution in [2.75, 3.05) is 14.2 Å². The summed E-state index contributed by atoms with van der Waals surface area (Å²) in [6.45, 7) is 0. The highest BCUT2D eigenvalue weighted by Gasteiger charge is 2.43. The van der Waals surface area contributed by atoms with E-state index in [9.17, 15) is 19.8 Å². The van der Waals surface area contributed by atoms with Crippen LogP contribution in [0.15, 0.2) is 29.7 Å². The number of carbonyl (C=O) groups is 2. The van der Waals surface area contributed by atoms with Crippen LogP contribution in [0.1, 0.15) is 11.5 Å². The standard InChI is InChI=1S/C15H13N3O7/c1-23-14(19)9(6-16)11-8-5-7(18(21)22)3-4-10(8)25-13(17)12(11)15(20)24-2/h3-5,9,11H,1-2H3,(H2-,17,20,21,22)/p+1. The molecule has 25 heavy (non-hydrogen) atoms. The lowest BCUT2D eigenvalue weighted by Crippen LogP contribution is -2.33. The average molecular weight is 348 g/mol. The lowest BCUT2D eigenvalue weighted by molar-refractivity contribution is -0.729. The van der Waals surface area contributed by atoms with Gasteiger partial charge in [0.2, 0.25) is 5.88 Å². The van der Waals surface area contributed by atoms with Crippen molar-refractivity contribution in [3.05, 3.63) is 40.1 Å². The molecule has 1 aromatic carbocycles. The fraction of sp³-hybridized carbons (Fsp3) is 0.267. The van der Waals surface area contributed by atoms with Gasteiger partial charge in [0.25, 0.3) is 4.92 Å². The molecule has 10 nitrogen and oxygen atoms in total. The van der Waals surface area contributed by atoms with Crippen LogP contribution in [0.3, 0.4) is 0 Å².